The molecule has 1 heterocycles. The lowest BCUT2D eigenvalue weighted by Gasteiger charge is -2.27. The van der Waals surface area contributed by atoms with Gasteiger partial charge in [0.25, 0.3) is 0 Å². The number of hydrogen-bond donors (Lipinski definition) is 0. The van der Waals surface area contributed by atoms with Gasteiger partial charge in [-0.2, -0.15) is 0 Å². The van der Waals surface area contributed by atoms with Gasteiger partial charge in [-0.3, -0.25) is 14.5 Å². The minimum Gasteiger partial charge on any atom is -0.283 e. The van der Waals surface area contributed by atoms with Crippen LogP contribution in [0.3, 0.4) is 0 Å². The Labute approximate surface area is 84.5 Å². The summed E-state index contributed by atoms with van der Waals surface area (Å²) >= 11 is 0. The number of likely N-dealkylation sites (tertiary alicyclic amines) is 1. The standard InChI is InChI=1S/C11H15NO2/c1-3-4-5-6-12-10(13)7-9(2)8-11(12)14/h1,9H,4-8H2,2H3. The Bertz CT molecular complexity index is 260. The van der Waals surface area contributed by atoms with Gasteiger partial charge in [-0.15, -0.1) is 12.3 Å². The number of nitrogens with zero attached hydrogens (tertiary/aromatic N) is 1. The molecule has 1 aliphatic rings. The molecule has 3 heteroatoms. The van der Waals surface area contributed by atoms with E-state index in [9.17, 15) is 9.59 Å². The lowest BCUT2D eigenvalue weighted by Crippen LogP contribution is -2.43. The second kappa shape index (κ2) is 4.80. The van der Waals surface area contributed by atoms with Crippen LogP contribution in [0.15, 0.2) is 0 Å². The molecule has 3 nitrogen and oxygen atoms in total. The molecule has 0 atom stereocenters. The van der Waals surface area contributed by atoms with Crippen LogP contribution in [-0.4, -0.2) is 23.3 Å². The highest BCUT2D eigenvalue weighted by Crippen LogP contribution is 2.18. The Hall–Kier alpha value is -1.30. The molecule has 1 fully saturated rings. The Morgan fingerprint density at radius 3 is 2.50 bits per heavy atom. The first-order chi connectivity index (χ1) is 6.65. The summed E-state index contributed by atoms with van der Waals surface area (Å²) in [6, 6.07) is 0. The van der Waals surface area contributed by atoms with Gasteiger partial charge in [-0.1, -0.05) is 6.92 Å². The SMILES string of the molecule is C#CCCCN1C(=O)CC(C)CC1=O. The molecule has 0 unspecified atom stereocenters. The van der Waals surface area contributed by atoms with Crippen molar-refractivity contribution in [2.24, 2.45) is 5.92 Å². The fourth-order valence-electron chi connectivity index (χ4n) is 1.62. The van der Waals surface area contributed by atoms with Crippen LogP contribution >= 0.6 is 0 Å². The van der Waals surface area contributed by atoms with Gasteiger partial charge in [0.1, 0.15) is 0 Å². The normalized spacial score (nSPS) is 18.4. The van der Waals surface area contributed by atoms with E-state index in [1.807, 2.05) is 6.92 Å². The van der Waals surface area contributed by atoms with E-state index in [-0.39, 0.29) is 17.7 Å². The van der Waals surface area contributed by atoms with E-state index in [0.29, 0.717) is 32.2 Å². The highest BCUT2D eigenvalue weighted by Gasteiger charge is 2.29. The Morgan fingerprint density at radius 1 is 1.43 bits per heavy atom. The van der Waals surface area contributed by atoms with Crippen molar-refractivity contribution < 1.29 is 9.59 Å². The molecule has 1 saturated heterocycles. The topological polar surface area (TPSA) is 37.4 Å². The largest absolute Gasteiger partial charge is 0.283 e. The van der Waals surface area contributed by atoms with Crippen molar-refractivity contribution >= 4 is 11.8 Å². The molecule has 0 radical (unpaired) electrons. The van der Waals surface area contributed by atoms with E-state index in [4.69, 9.17) is 6.42 Å². The van der Waals surface area contributed by atoms with Gasteiger partial charge in [0.05, 0.1) is 0 Å². The molecule has 0 aromatic carbocycles. The van der Waals surface area contributed by atoms with E-state index >= 15 is 0 Å². The predicted octanol–water partition coefficient (Wildman–Crippen LogP) is 1.18. The van der Waals surface area contributed by atoms with Crippen LogP contribution in [-0.2, 0) is 9.59 Å². The van der Waals surface area contributed by atoms with Crippen molar-refractivity contribution in [1.29, 1.82) is 0 Å². The molecule has 0 aromatic heterocycles. The van der Waals surface area contributed by atoms with E-state index in [0.717, 1.165) is 0 Å². The Balaban J connectivity index is 2.47. The van der Waals surface area contributed by atoms with Crippen molar-refractivity contribution in [3.05, 3.63) is 0 Å². The zero-order chi connectivity index (χ0) is 10.6. The molecule has 0 N–H and O–H groups in total. The monoisotopic (exact) mass is 193 g/mol. The minimum atomic E-state index is -0.0502. The first kappa shape index (κ1) is 10.8. The Morgan fingerprint density at radius 2 is 2.00 bits per heavy atom. The zero-order valence-corrected chi connectivity index (χ0v) is 8.45. The number of amides is 2. The predicted molar refractivity (Wildman–Crippen MR) is 53.2 cm³/mol. The van der Waals surface area contributed by atoms with Crippen molar-refractivity contribution in [3.8, 4) is 12.3 Å². The van der Waals surface area contributed by atoms with E-state index in [1.54, 1.807) is 0 Å². The van der Waals surface area contributed by atoms with Crippen molar-refractivity contribution in [3.63, 3.8) is 0 Å². The van der Waals surface area contributed by atoms with Crippen molar-refractivity contribution in [1.82, 2.24) is 4.90 Å². The zero-order valence-electron chi connectivity index (χ0n) is 8.45. The summed E-state index contributed by atoms with van der Waals surface area (Å²) in [7, 11) is 0. The molecular weight excluding hydrogens is 178 g/mol. The van der Waals surface area contributed by atoms with Crippen LogP contribution in [0.4, 0.5) is 0 Å². The number of imide groups is 1. The average molecular weight is 193 g/mol. The molecule has 2 amide bonds. The highest BCUT2D eigenvalue weighted by molar-refractivity contribution is 5.97. The van der Waals surface area contributed by atoms with E-state index in [1.165, 1.54) is 4.90 Å². The smallest absolute Gasteiger partial charge is 0.229 e. The average Bonchev–Trinajstić information content (AvgIpc) is 2.09. The van der Waals surface area contributed by atoms with Crippen LogP contribution in [0, 0.1) is 18.3 Å². The quantitative estimate of drug-likeness (QED) is 0.383. The second-order valence-electron chi connectivity index (χ2n) is 3.76. The maximum Gasteiger partial charge on any atom is 0.229 e. The first-order valence-corrected chi connectivity index (χ1v) is 4.91. The molecule has 0 aromatic rings. The van der Waals surface area contributed by atoms with Gasteiger partial charge in [-0.25, -0.2) is 0 Å². The molecule has 76 valence electrons. The summed E-state index contributed by atoms with van der Waals surface area (Å²) in [4.78, 5) is 24.3. The number of hydrogen-bond acceptors (Lipinski definition) is 2. The van der Waals surface area contributed by atoms with Gasteiger partial charge in [0, 0.05) is 25.8 Å². The van der Waals surface area contributed by atoms with Gasteiger partial charge in [0.2, 0.25) is 11.8 Å². The lowest BCUT2D eigenvalue weighted by molar-refractivity contribution is -0.149. The van der Waals surface area contributed by atoms with Crippen LogP contribution in [0.5, 0.6) is 0 Å². The third-order valence-corrected chi connectivity index (χ3v) is 2.35. The van der Waals surface area contributed by atoms with Gasteiger partial charge in [-0.05, 0) is 12.3 Å². The summed E-state index contributed by atoms with van der Waals surface area (Å²) in [6.45, 7) is 2.41. The third-order valence-electron chi connectivity index (χ3n) is 2.35. The Kier molecular flexibility index (Phi) is 3.70. The van der Waals surface area contributed by atoms with Crippen LogP contribution in [0.2, 0.25) is 0 Å². The lowest BCUT2D eigenvalue weighted by atomic mass is 9.97. The number of rotatable bonds is 3. The molecule has 0 saturated carbocycles. The molecule has 1 rings (SSSR count). The molecule has 0 spiro atoms. The van der Waals surface area contributed by atoms with Crippen LogP contribution in [0.25, 0.3) is 0 Å². The molecule has 1 aliphatic heterocycles. The molecular formula is C11H15NO2. The molecule has 0 bridgehead atoms. The summed E-state index contributed by atoms with van der Waals surface area (Å²) in [5.41, 5.74) is 0. The molecule has 14 heavy (non-hydrogen) atoms. The van der Waals surface area contributed by atoms with Gasteiger partial charge < -0.3 is 0 Å². The summed E-state index contributed by atoms with van der Waals surface area (Å²) in [5, 5.41) is 0. The maximum absolute atomic E-state index is 11.5. The number of carbonyl (C=O) groups excluding carboxylic acids is 2. The number of unbranched alkanes of at least 4 members (excludes halogenated alkanes) is 1. The number of piperidine rings is 1. The fourth-order valence-corrected chi connectivity index (χ4v) is 1.62. The van der Waals surface area contributed by atoms with Crippen LogP contribution < -0.4 is 0 Å². The van der Waals surface area contributed by atoms with E-state index in [2.05, 4.69) is 5.92 Å². The highest BCUT2D eigenvalue weighted by atomic mass is 16.2. The summed E-state index contributed by atoms with van der Waals surface area (Å²) < 4.78 is 0. The number of carbonyl (C=O) groups is 2. The van der Waals surface area contributed by atoms with Crippen LogP contribution in [0.1, 0.15) is 32.6 Å². The van der Waals surface area contributed by atoms with Crippen molar-refractivity contribution in [2.75, 3.05) is 6.54 Å². The summed E-state index contributed by atoms with van der Waals surface area (Å²) in [5.74, 6) is 2.59. The second-order valence-corrected chi connectivity index (χ2v) is 3.76. The maximum atomic E-state index is 11.5. The fraction of sp³-hybridized carbons (Fsp3) is 0.636. The minimum absolute atomic E-state index is 0.0502. The molecule has 0 aliphatic carbocycles. The summed E-state index contributed by atoms with van der Waals surface area (Å²) in [6.07, 6.45) is 7.40. The van der Waals surface area contributed by atoms with E-state index < -0.39 is 0 Å². The van der Waals surface area contributed by atoms with Gasteiger partial charge >= 0.3 is 0 Å². The van der Waals surface area contributed by atoms with Crippen molar-refractivity contribution in [2.45, 2.75) is 32.6 Å². The number of terminal acetylenes is 1. The first-order valence-electron chi connectivity index (χ1n) is 4.91. The third kappa shape index (κ3) is 2.59. The van der Waals surface area contributed by atoms with Gasteiger partial charge in [0.15, 0.2) is 0 Å².